The summed E-state index contributed by atoms with van der Waals surface area (Å²) in [7, 11) is 0. The SMILES string of the molecule is C=C(C)[C@H]1CCC(C)=CC1c1c(O)cc(C)c(C(=O)O)c1O. The molecule has 0 bridgehead atoms. The molecule has 0 fully saturated rings. The molecule has 1 aliphatic carbocycles. The van der Waals surface area contributed by atoms with E-state index in [-0.39, 0.29) is 34.5 Å². The van der Waals surface area contributed by atoms with Crippen LogP contribution in [0.4, 0.5) is 0 Å². The van der Waals surface area contributed by atoms with Gasteiger partial charge >= 0.3 is 5.97 Å². The van der Waals surface area contributed by atoms with Gasteiger partial charge in [-0.1, -0.05) is 23.8 Å². The van der Waals surface area contributed by atoms with Gasteiger partial charge in [0.1, 0.15) is 17.1 Å². The Morgan fingerprint density at radius 3 is 2.50 bits per heavy atom. The Bertz CT molecular complexity index is 670. The average Bonchev–Trinajstić information content (AvgIpc) is 2.36. The van der Waals surface area contributed by atoms with Gasteiger partial charge in [0.15, 0.2) is 0 Å². The first-order valence-electron chi connectivity index (χ1n) is 7.35. The van der Waals surface area contributed by atoms with Gasteiger partial charge in [-0.2, -0.15) is 0 Å². The number of carbonyl (C=O) groups is 1. The van der Waals surface area contributed by atoms with Gasteiger partial charge in [-0.05, 0) is 51.2 Å². The van der Waals surface area contributed by atoms with E-state index in [0.29, 0.717) is 5.56 Å². The van der Waals surface area contributed by atoms with Gasteiger partial charge in [0, 0.05) is 11.5 Å². The van der Waals surface area contributed by atoms with Crippen LogP contribution >= 0.6 is 0 Å². The zero-order chi connectivity index (χ0) is 16.6. The molecule has 118 valence electrons. The van der Waals surface area contributed by atoms with E-state index < -0.39 is 5.97 Å². The minimum absolute atomic E-state index is 0.0674. The van der Waals surface area contributed by atoms with E-state index in [1.54, 1.807) is 6.92 Å². The molecule has 0 aromatic heterocycles. The molecule has 0 aliphatic heterocycles. The number of phenolic OH excluding ortho intramolecular Hbond substituents is 1. The summed E-state index contributed by atoms with van der Waals surface area (Å²) < 4.78 is 0. The molecule has 4 heteroatoms. The number of aryl methyl sites for hydroxylation is 1. The number of hydrogen-bond acceptors (Lipinski definition) is 3. The molecule has 1 aromatic rings. The van der Waals surface area contributed by atoms with Crippen molar-refractivity contribution in [2.45, 2.75) is 39.5 Å². The van der Waals surface area contributed by atoms with Crippen molar-refractivity contribution in [2.24, 2.45) is 5.92 Å². The predicted molar refractivity (Wildman–Crippen MR) is 85.5 cm³/mol. The van der Waals surface area contributed by atoms with Crippen LogP contribution in [0.1, 0.15) is 54.1 Å². The van der Waals surface area contributed by atoms with Gasteiger partial charge in [0.25, 0.3) is 0 Å². The van der Waals surface area contributed by atoms with E-state index >= 15 is 0 Å². The first-order chi connectivity index (χ1) is 10.2. The van der Waals surface area contributed by atoms with Crippen molar-refractivity contribution in [1.29, 1.82) is 0 Å². The Hall–Kier alpha value is -2.23. The van der Waals surface area contributed by atoms with Crippen LogP contribution in [-0.4, -0.2) is 21.3 Å². The summed E-state index contributed by atoms with van der Waals surface area (Å²) in [6, 6.07) is 1.41. The highest BCUT2D eigenvalue weighted by Gasteiger charge is 2.32. The Labute approximate surface area is 130 Å². The molecule has 0 heterocycles. The minimum Gasteiger partial charge on any atom is -0.507 e. The highest BCUT2D eigenvalue weighted by atomic mass is 16.4. The normalized spacial score (nSPS) is 21.3. The van der Waals surface area contributed by atoms with Crippen molar-refractivity contribution in [1.82, 2.24) is 0 Å². The Kier molecular flexibility index (Phi) is 4.31. The van der Waals surface area contributed by atoms with Crippen LogP contribution in [0.2, 0.25) is 0 Å². The lowest BCUT2D eigenvalue weighted by atomic mass is 9.73. The summed E-state index contributed by atoms with van der Waals surface area (Å²) in [5.41, 5.74) is 2.61. The standard InChI is InChI=1S/C18H22O4/c1-9(2)12-6-5-10(3)7-13(12)16-14(19)8-11(4)15(17(16)20)18(21)22/h7-8,12-13,19-20H,1,5-6H2,2-4H3,(H,21,22)/t12-,13?/m1/s1. The molecule has 0 spiro atoms. The predicted octanol–water partition coefficient (Wildman–Crippen LogP) is 4.12. The maximum Gasteiger partial charge on any atom is 0.339 e. The Morgan fingerprint density at radius 2 is 1.95 bits per heavy atom. The fraction of sp³-hybridized carbons (Fsp3) is 0.389. The first kappa shape index (κ1) is 16.1. The number of benzene rings is 1. The highest BCUT2D eigenvalue weighted by Crippen LogP contribution is 2.47. The van der Waals surface area contributed by atoms with E-state index in [0.717, 1.165) is 18.4 Å². The molecule has 0 amide bonds. The molecule has 2 rings (SSSR count). The highest BCUT2D eigenvalue weighted by molar-refractivity contribution is 5.93. The molecule has 3 N–H and O–H groups in total. The number of rotatable bonds is 3. The molecule has 1 aliphatic rings. The fourth-order valence-corrected chi connectivity index (χ4v) is 3.30. The summed E-state index contributed by atoms with van der Waals surface area (Å²) in [5, 5.41) is 30.1. The fourth-order valence-electron chi connectivity index (χ4n) is 3.30. The molecular formula is C18H22O4. The lowest BCUT2D eigenvalue weighted by Gasteiger charge is -2.31. The maximum atomic E-state index is 11.4. The molecule has 22 heavy (non-hydrogen) atoms. The van der Waals surface area contributed by atoms with E-state index in [9.17, 15) is 20.1 Å². The van der Waals surface area contributed by atoms with Crippen LogP contribution in [-0.2, 0) is 0 Å². The number of aromatic hydroxyl groups is 2. The second-order valence-corrected chi connectivity index (χ2v) is 6.19. The van der Waals surface area contributed by atoms with Crippen molar-refractivity contribution in [3.05, 3.63) is 46.6 Å². The number of aromatic carboxylic acids is 1. The molecular weight excluding hydrogens is 280 g/mol. The molecule has 1 aromatic carbocycles. The van der Waals surface area contributed by atoms with Crippen molar-refractivity contribution < 1.29 is 20.1 Å². The van der Waals surface area contributed by atoms with E-state index in [4.69, 9.17) is 0 Å². The van der Waals surface area contributed by atoms with E-state index in [2.05, 4.69) is 6.58 Å². The molecule has 2 atom stereocenters. The lowest BCUT2D eigenvalue weighted by Crippen LogP contribution is -2.18. The monoisotopic (exact) mass is 302 g/mol. The first-order valence-corrected chi connectivity index (χ1v) is 7.35. The number of carboxylic acid groups (broad SMARTS) is 1. The van der Waals surface area contributed by atoms with Crippen LogP contribution in [0.3, 0.4) is 0 Å². The van der Waals surface area contributed by atoms with Crippen LogP contribution in [0, 0.1) is 12.8 Å². The second-order valence-electron chi connectivity index (χ2n) is 6.19. The Balaban J connectivity index is 2.69. The van der Waals surface area contributed by atoms with E-state index in [1.165, 1.54) is 11.6 Å². The number of carboxylic acids is 1. The third-order valence-electron chi connectivity index (χ3n) is 4.44. The number of phenols is 2. The van der Waals surface area contributed by atoms with Crippen LogP contribution in [0.15, 0.2) is 29.9 Å². The van der Waals surface area contributed by atoms with Gasteiger partial charge in [-0.25, -0.2) is 4.79 Å². The molecule has 0 saturated carbocycles. The average molecular weight is 302 g/mol. The summed E-state index contributed by atoms with van der Waals surface area (Å²) in [5.74, 6) is -1.79. The number of allylic oxidation sites excluding steroid dienone is 3. The third-order valence-corrected chi connectivity index (χ3v) is 4.44. The summed E-state index contributed by atoms with van der Waals surface area (Å²) >= 11 is 0. The van der Waals surface area contributed by atoms with Gasteiger partial charge in [0.05, 0.1) is 0 Å². The molecule has 4 nitrogen and oxygen atoms in total. The largest absolute Gasteiger partial charge is 0.507 e. The second kappa shape index (κ2) is 5.87. The van der Waals surface area contributed by atoms with Crippen molar-refractivity contribution in [3.63, 3.8) is 0 Å². The molecule has 0 saturated heterocycles. The van der Waals surface area contributed by atoms with Crippen molar-refractivity contribution in [2.75, 3.05) is 0 Å². The third kappa shape index (κ3) is 2.73. The van der Waals surface area contributed by atoms with Gasteiger partial charge in [-0.3, -0.25) is 0 Å². The van der Waals surface area contributed by atoms with E-state index in [1.807, 2.05) is 19.9 Å². The van der Waals surface area contributed by atoms with Crippen LogP contribution in [0.25, 0.3) is 0 Å². The zero-order valence-corrected chi connectivity index (χ0v) is 13.2. The van der Waals surface area contributed by atoms with Gasteiger partial charge < -0.3 is 15.3 Å². The summed E-state index contributed by atoms with van der Waals surface area (Å²) in [4.78, 5) is 11.4. The Morgan fingerprint density at radius 1 is 1.32 bits per heavy atom. The smallest absolute Gasteiger partial charge is 0.339 e. The topological polar surface area (TPSA) is 77.8 Å². The van der Waals surface area contributed by atoms with Crippen LogP contribution in [0.5, 0.6) is 11.5 Å². The molecule has 1 unspecified atom stereocenters. The number of hydrogen-bond donors (Lipinski definition) is 3. The van der Waals surface area contributed by atoms with Gasteiger partial charge in [-0.15, -0.1) is 0 Å². The van der Waals surface area contributed by atoms with Crippen LogP contribution < -0.4 is 0 Å². The quantitative estimate of drug-likeness (QED) is 0.734. The van der Waals surface area contributed by atoms with Crippen molar-refractivity contribution >= 4 is 5.97 Å². The lowest BCUT2D eigenvalue weighted by molar-refractivity contribution is 0.0692. The summed E-state index contributed by atoms with van der Waals surface area (Å²) in [6.07, 6.45) is 3.81. The zero-order valence-electron chi connectivity index (χ0n) is 13.2. The maximum absolute atomic E-state index is 11.4. The molecule has 0 radical (unpaired) electrons. The van der Waals surface area contributed by atoms with Crippen molar-refractivity contribution in [3.8, 4) is 11.5 Å². The van der Waals surface area contributed by atoms with Gasteiger partial charge in [0.2, 0.25) is 0 Å². The summed E-state index contributed by atoms with van der Waals surface area (Å²) in [6.45, 7) is 9.49. The minimum atomic E-state index is -1.19.